The Balaban J connectivity index is 1.23. The zero-order valence-corrected chi connectivity index (χ0v) is 28.7. The molecule has 12 rings (SSSR count). The molecular weight excluding hydrogens is 641 g/mol. The van der Waals surface area contributed by atoms with Crippen molar-refractivity contribution in [1.29, 1.82) is 0 Å². The highest BCUT2D eigenvalue weighted by molar-refractivity contribution is 6.27. The Hall–Kier alpha value is -6.90. The first-order valence-corrected chi connectivity index (χ1v) is 18.3. The zero-order valence-electron chi connectivity index (χ0n) is 28.7. The van der Waals surface area contributed by atoms with Gasteiger partial charge in [-0.1, -0.05) is 158 Å². The van der Waals surface area contributed by atoms with Gasteiger partial charge in [0.25, 0.3) is 0 Å². The summed E-state index contributed by atoms with van der Waals surface area (Å²) in [6, 6.07) is 62.9. The predicted octanol–water partition coefficient (Wildman–Crippen LogP) is 12.7. The molecule has 10 aromatic rings. The van der Waals surface area contributed by atoms with Gasteiger partial charge in [0.2, 0.25) is 0 Å². The van der Waals surface area contributed by atoms with Crippen LogP contribution in [0, 0.1) is 0 Å². The van der Waals surface area contributed by atoms with Gasteiger partial charge in [0.1, 0.15) is 0 Å². The van der Waals surface area contributed by atoms with Crippen LogP contribution in [-0.2, 0) is 5.41 Å². The standard InChI is InChI=1S/C51H30N2/c1-2-11-33(12-3-1)50-52-29-36(30-53-50)34-24-25-40-38-16-5-4-15-37(38)39-17-6-8-19-43(39)51(45(40)27-34)44-20-9-7-18-41(44)49-42-26-23-32-14-10-13-31-21-22-35(28-46(49)51)48(42)47(31)32/h1-30H. The molecule has 1 heterocycles. The molecule has 0 amide bonds. The van der Waals surface area contributed by atoms with E-state index in [0.29, 0.717) is 0 Å². The van der Waals surface area contributed by atoms with Crippen LogP contribution >= 0.6 is 0 Å². The lowest BCUT2D eigenvalue weighted by Crippen LogP contribution is -2.29. The third-order valence-electron chi connectivity index (χ3n) is 11.9. The Morgan fingerprint density at radius 3 is 1.70 bits per heavy atom. The van der Waals surface area contributed by atoms with Gasteiger partial charge in [-0.3, -0.25) is 0 Å². The molecule has 1 aromatic heterocycles. The first-order valence-electron chi connectivity index (χ1n) is 18.3. The summed E-state index contributed by atoms with van der Waals surface area (Å²) in [7, 11) is 0. The molecule has 0 saturated heterocycles. The molecule has 0 radical (unpaired) electrons. The van der Waals surface area contributed by atoms with Crippen molar-refractivity contribution < 1.29 is 0 Å². The Kier molecular flexibility index (Phi) is 5.73. The Bertz CT molecular complexity index is 3090. The van der Waals surface area contributed by atoms with E-state index < -0.39 is 5.41 Å². The highest BCUT2D eigenvalue weighted by Gasteiger charge is 2.50. The van der Waals surface area contributed by atoms with E-state index in [2.05, 4.69) is 152 Å². The second-order valence-corrected chi connectivity index (χ2v) is 14.5. The SMILES string of the molecule is c1ccc(-c2ncc(-c3ccc4c(c3)C3(c5ccccc5-c5ccccc5-4)c4ccccc4-c4c3cc3ccc5cccc6ccc4c3c56)cn2)cc1. The molecule has 53 heavy (non-hydrogen) atoms. The molecule has 0 bridgehead atoms. The van der Waals surface area contributed by atoms with Gasteiger partial charge in [0.15, 0.2) is 5.82 Å². The minimum absolute atomic E-state index is 0.595. The maximum atomic E-state index is 4.86. The number of benzene rings is 9. The molecule has 0 N–H and O–H groups in total. The van der Waals surface area contributed by atoms with Crippen molar-refractivity contribution in [3.63, 3.8) is 0 Å². The van der Waals surface area contributed by atoms with E-state index in [0.717, 1.165) is 22.5 Å². The molecule has 0 saturated carbocycles. The topological polar surface area (TPSA) is 25.8 Å². The highest BCUT2D eigenvalue weighted by atomic mass is 14.9. The molecule has 0 aliphatic heterocycles. The van der Waals surface area contributed by atoms with Crippen molar-refractivity contribution in [3.8, 4) is 55.9 Å². The average molecular weight is 671 g/mol. The van der Waals surface area contributed by atoms with Crippen LogP contribution in [0.1, 0.15) is 22.3 Å². The predicted molar refractivity (Wildman–Crippen MR) is 218 cm³/mol. The summed E-state index contributed by atoms with van der Waals surface area (Å²) in [4.78, 5) is 9.71. The summed E-state index contributed by atoms with van der Waals surface area (Å²) in [6.07, 6.45) is 3.95. The molecule has 2 heteroatoms. The van der Waals surface area contributed by atoms with Gasteiger partial charge in [-0.05, 0) is 106 Å². The van der Waals surface area contributed by atoms with E-state index in [9.17, 15) is 0 Å². The smallest absolute Gasteiger partial charge is 0.159 e. The lowest BCUT2D eigenvalue weighted by atomic mass is 9.65. The lowest BCUT2D eigenvalue weighted by Gasteiger charge is -2.36. The van der Waals surface area contributed by atoms with Crippen LogP contribution in [0.15, 0.2) is 182 Å². The summed E-state index contributed by atoms with van der Waals surface area (Å²) in [5, 5.41) is 7.85. The van der Waals surface area contributed by atoms with Crippen LogP contribution in [0.5, 0.6) is 0 Å². The number of rotatable bonds is 2. The number of hydrogen-bond acceptors (Lipinski definition) is 2. The third kappa shape index (κ3) is 3.77. The molecule has 244 valence electrons. The second kappa shape index (κ2) is 10.6. The molecule has 2 aliphatic carbocycles. The van der Waals surface area contributed by atoms with Crippen LogP contribution in [-0.4, -0.2) is 9.97 Å². The van der Waals surface area contributed by atoms with Gasteiger partial charge in [0, 0.05) is 23.5 Å². The van der Waals surface area contributed by atoms with Crippen LogP contribution in [0.2, 0.25) is 0 Å². The quantitative estimate of drug-likeness (QED) is 0.171. The number of hydrogen-bond donors (Lipinski definition) is 0. The van der Waals surface area contributed by atoms with E-state index >= 15 is 0 Å². The van der Waals surface area contributed by atoms with Crippen LogP contribution < -0.4 is 0 Å². The van der Waals surface area contributed by atoms with Crippen molar-refractivity contribution >= 4 is 32.3 Å². The third-order valence-corrected chi connectivity index (χ3v) is 11.9. The van der Waals surface area contributed by atoms with Gasteiger partial charge in [-0.2, -0.15) is 0 Å². The first-order chi connectivity index (χ1) is 26.3. The summed E-state index contributed by atoms with van der Waals surface area (Å²) >= 11 is 0. The molecule has 2 aliphatic rings. The molecule has 1 spiro atoms. The zero-order chi connectivity index (χ0) is 34.7. The maximum Gasteiger partial charge on any atom is 0.159 e. The van der Waals surface area contributed by atoms with E-state index in [-0.39, 0.29) is 0 Å². The van der Waals surface area contributed by atoms with Crippen molar-refractivity contribution in [1.82, 2.24) is 9.97 Å². The van der Waals surface area contributed by atoms with Gasteiger partial charge in [-0.25, -0.2) is 9.97 Å². The van der Waals surface area contributed by atoms with Crippen LogP contribution in [0.4, 0.5) is 0 Å². The fraction of sp³-hybridized carbons (Fsp3) is 0.0196. The van der Waals surface area contributed by atoms with E-state index in [4.69, 9.17) is 9.97 Å². The van der Waals surface area contributed by atoms with Crippen molar-refractivity contribution in [2.45, 2.75) is 5.41 Å². The molecule has 9 aromatic carbocycles. The normalized spacial score (nSPS) is 15.2. The molecule has 1 unspecified atom stereocenters. The highest BCUT2D eigenvalue weighted by Crippen LogP contribution is 2.63. The van der Waals surface area contributed by atoms with Gasteiger partial charge in [0.05, 0.1) is 5.41 Å². The number of aromatic nitrogens is 2. The van der Waals surface area contributed by atoms with Crippen molar-refractivity contribution in [3.05, 3.63) is 205 Å². The fourth-order valence-corrected chi connectivity index (χ4v) is 9.78. The Morgan fingerprint density at radius 2 is 0.943 bits per heavy atom. The monoisotopic (exact) mass is 670 g/mol. The summed E-state index contributed by atoms with van der Waals surface area (Å²) < 4.78 is 0. The average Bonchev–Trinajstić information content (AvgIpc) is 3.47. The molecule has 1 atom stereocenters. The fourth-order valence-electron chi connectivity index (χ4n) is 9.78. The maximum absolute atomic E-state index is 4.86. The number of fused-ring (bicyclic) bond motifs is 13. The number of nitrogens with zero attached hydrogens (tertiary/aromatic N) is 2. The van der Waals surface area contributed by atoms with Crippen LogP contribution in [0.3, 0.4) is 0 Å². The summed E-state index contributed by atoms with van der Waals surface area (Å²) in [6.45, 7) is 0. The minimum atomic E-state index is -0.595. The van der Waals surface area contributed by atoms with Crippen molar-refractivity contribution in [2.75, 3.05) is 0 Å². The van der Waals surface area contributed by atoms with E-state index in [1.165, 1.54) is 88.0 Å². The molecule has 0 fully saturated rings. The van der Waals surface area contributed by atoms with Crippen molar-refractivity contribution in [2.24, 2.45) is 0 Å². The lowest BCUT2D eigenvalue weighted by molar-refractivity contribution is 0.777. The second-order valence-electron chi connectivity index (χ2n) is 14.5. The largest absolute Gasteiger partial charge is 0.236 e. The van der Waals surface area contributed by atoms with Crippen LogP contribution in [0.25, 0.3) is 88.2 Å². The molecule has 2 nitrogen and oxygen atoms in total. The van der Waals surface area contributed by atoms with Gasteiger partial charge < -0.3 is 0 Å². The van der Waals surface area contributed by atoms with Gasteiger partial charge >= 0.3 is 0 Å². The van der Waals surface area contributed by atoms with E-state index in [1.807, 2.05) is 30.6 Å². The summed E-state index contributed by atoms with van der Waals surface area (Å²) in [5.41, 5.74) is 15.4. The van der Waals surface area contributed by atoms with E-state index in [1.54, 1.807) is 0 Å². The molecular formula is C51H30N2. The summed E-state index contributed by atoms with van der Waals surface area (Å²) in [5.74, 6) is 0.728. The van der Waals surface area contributed by atoms with Gasteiger partial charge in [-0.15, -0.1) is 0 Å². The Morgan fingerprint density at radius 1 is 0.340 bits per heavy atom. The first kappa shape index (κ1) is 28.8. The minimum Gasteiger partial charge on any atom is -0.236 e. The Labute approximate surface area is 307 Å².